The van der Waals surface area contributed by atoms with Crippen molar-refractivity contribution in [3.8, 4) is 5.75 Å². The van der Waals surface area contributed by atoms with E-state index in [-0.39, 0.29) is 11.5 Å². The second-order valence-corrected chi connectivity index (χ2v) is 4.19. The number of phenols is 1. The Bertz CT molecular complexity index is 913. The van der Waals surface area contributed by atoms with Crippen molar-refractivity contribution in [2.75, 3.05) is 0 Å². The minimum absolute atomic E-state index is 0.200. The number of hydrogen-bond donors (Lipinski definition) is 1. The van der Waals surface area contributed by atoms with Gasteiger partial charge in [-0.1, -0.05) is 0 Å². The van der Waals surface area contributed by atoms with Crippen LogP contribution in [-0.2, 0) is 4.79 Å². The molecule has 2 aliphatic rings. The van der Waals surface area contributed by atoms with E-state index in [4.69, 9.17) is 0 Å². The zero-order valence-electron chi connectivity index (χ0n) is 10.8. The molecule has 1 amide bonds. The van der Waals surface area contributed by atoms with Crippen LogP contribution in [0.3, 0.4) is 0 Å². The van der Waals surface area contributed by atoms with E-state index >= 15 is 0 Å². The Hall–Kier alpha value is -3.90. The zero-order chi connectivity index (χ0) is 16.7. The molecule has 2 aliphatic heterocycles. The molecule has 1 aromatic rings. The van der Waals surface area contributed by atoms with Crippen molar-refractivity contribution in [3.63, 3.8) is 0 Å². The number of carbonyl (C=O) groups excluding carboxylic acids is 1. The number of amidine groups is 2. The summed E-state index contributed by atoms with van der Waals surface area (Å²) in [5.74, 6) is -2.46. The van der Waals surface area contributed by atoms with Gasteiger partial charge in [-0.3, -0.25) is 25.0 Å². The summed E-state index contributed by atoms with van der Waals surface area (Å²) in [6.07, 6.45) is 0. The molecular formula is C10H3N7O6. The molecule has 0 spiro atoms. The summed E-state index contributed by atoms with van der Waals surface area (Å²) in [5, 5.41) is 41.8. The number of aromatic hydroxyl groups is 1. The number of carbonyl (C=O) groups is 1. The summed E-state index contributed by atoms with van der Waals surface area (Å²) in [6, 6.07) is 1.39. The lowest BCUT2D eigenvalue weighted by Gasteiger charge is -2.08. The maximum Gasteiger partial charge on any atom is 0.318 e. The second kappa shape index (κ2) is 4.83. The first-order chi connectivity index (χ1) is 10.9. The molecule has 13 nitrogen and oxygen atoms in total. The Morgan fingerprint density at radius 3 is 2.43 bits per heavy atom. The van der Waals surface area contributed by atoms with Gasteiger partial charge < -0.3 is 5.11 Å². The van der Waals surface area contributed by atoms with E-state index < -0.39 is 44.3 Å². The maximum atomic E-state index is 11.7. The first-order valence-electron chi connectivity index (χ1n) is 5.75. The average Bonchev–Trinajstić information content (AvgIpc) is 2.95. The van der Waals surface area contributed by atoms with E-state index in [1.807, 2.05) is 0 Å². The van der Waals surface area contributed by atoms with Gasteiger partial charge in [0.15, 0.2) is 5.84 Å². The molecule has 3 rings (SSSR count). The van der Waals surface area contributed by atoms with Crippen LogP contribution in [0.1, 0.15) is 5.56 Å². The van der Waals surface area contributed by atoms with Gasteiger partial charge in [0, 0.05) is 6.07 Å². The van der Waals surface area contributed by atoms with Gasteiger partial charge in [-0.15, -0.1) is 10.2 Å². The van der Waals surface area contributed by atoms with Gasteiger partial charge in [-0.2, -0.15) is 4.99 Å². The molecule has 0 radical (unpaired) electrons. The number of fused-ring (bicyclic) bond motifs is 1. The second-order valence-electron chi connectivity index (χ2n) is 4.19. The van der Waals surface area contributed by atoms with Crippen LogP contribution in [0.4, 0.5) is 11.4 Å². The van der Waals surface area contributed by atoms with Gasteiger partial charge in [-0.05, 0) is 5.22 Å². The Labute approximate surface area is 124 Å². The molecule has 0 saturated carbocycles. The van der Waals surface area contributed by atoms with Crippen LogP contribution in [0, 0.1) is 20.2 Å². The number of phenolic OH excluding ortho intramolecular Hbond substituents is 1. The largest absolute Gasteiger partial charge is 0.502 e. The summed E-state index contributed by atoms with van der Waals surface area (Å²) in [7, 11) is 0. The Kier molecular flexibility index (Phi) is 2.95. The Morgan fingerprint density at radius 2 is 1.78 bits per heavy atom. The molecule has 1 aromatic carbocycles. The molecule has 0 saturated heterocycles. The predicted molar refractivity (Wildman–Crippen MR) is 72.7 cm³/mol. The van der Waals surface area contributed by atoms with Crippen molar-refractivity contribution in [1.29, 1.82) is 0 Å². The highest BCUT2D eigenvalue weighted by atomic mass is 16.6. The van der Waals surface area contributed by atoms with E-state index in [0.717, 1.165) is 6.07 Å². The summed E-state index contributed by atoms with van der Waals surface area (Å²) < 4.78 is 0. The first-order valence-corrected chi connectivity index (χ1v) is 5.75. The first kappa shape index (κ1) is 14.1. The van der Waals surface area contributed by atoms with Crippen LogP contribution < -0.4 is 0 Å². The third kappa shape index (κ3) is 2.21. The normalized spacial score (nSPS) is 15.7. The number of nitro groups is 2. The van der Waals surface area contributed by atoms with Crippen LogP contribution in [0.25, 0.3) is 0 Å². The van der Waals surface area contributed by atoms with Gasteiger partial charge in [0.2, 0.25) is 17.3 Å². The topological polar surface area (TPSA) is 185 Å². The van der Waals surface area contributed by atoms with Crippen LogP contribution in [0.15, 0.2) is 37.6 Å². The highest BCUT2D eigenvalue weighted by Crippen LogP contribution is 2.35. The van der Waals surface area contributed by atoms with Gasteiger partial charge >= 0.3 is 11.6 Å². The zero-order valence-corrected chi connectivity index (χ0v) is 10.8. The molecule has 0 unspecified atom stereocenters. The van der Waals surface area contributed by atoms with Crippen LogP contribution in [-0.4, -0.2) is 38.2 Å². The van der Waals surface area contributed by atoms with Crippen molar-refractivity contribution in [2.24, 2.45) is 25.4 Å². The number of nitrogens with zero attached hydrogens (tertiary/aromatic N) is 7. The lowest BCUT2D eigenvalue weighted by Crippen LogP contribution is -2.26. The molecule has 0 aromatic heterocycles. The molecule has 0 aliphatic carbocycles. The van der Waals surface area contributed by atoms with Gasteiger partial charge in [0.25, 0.3) is 5.69 Å². The van der Waals surface area contributed by atoms with Crippen molar-refractivity contribution in [1.82, 2.24) is 0 Å². The van der Waals surface area contributed by atoms with Crippen molar-refractivity contribution in [2.45, 2.75) is 0 Å². The number of non-ortho nitro benzene ring substituents is 1. The SMILES string of the molecule is O=C1N=C(c2cc([N+](=O)[O-])cc([N+](=O)[O-])c2O)N=C2N=NN=C12. The quantitative estimate of drug-likeness (QED) is 0.631. The lowest BCUT2D eigenvalue weighted by atomic mass is 10.1. The van der Waals surface area contributed by atoms with E-state index in [9.17, 15) is 30.1 Å². The van der Waals surface area contributed by atoms with Gasteiger partial charge in [-0.25, -0.2) is 4.99 Å². The number of nitro benzene ring substituents is 2. The number of amides is 1. The molecule has 0 fully saturated rings. The van der Waals surface area contributed by atoms with Gasteiger partial charge in [0.05, 0.1) is 21.5 Å². The molecule has 2 heterocycles. The Morgan fingerprint density at radius 1 is 1.04 bits per heavy atom. The fraction of sp³-hybridized carbons (Fsp3) is 0. The average molecular weight is 317 g/mol. The van der Waals surface area contributed by atoms with Crippen LogP contribution in [0.5, 0.6) is 5.75 Å². The van der Waals surface area contributed by atoms with Gasteiger partial charge in [0.1, 0.15) is 0 Å². The smallest absolute Gasteiger partial charge is 0.318 e. The molecular weight excluding hydrogens is 314 g/mol. The monoisotopic (exact) mass is 317 g/mol. The fourth-order valence-corrected chi connectivity index (χ4v) is 1.83. The maximum absolute atomic E-state index is 11.7. The molecule has 0 atom stereocenters. The molecule has 13 heteroatoms. The van der Waals surface area contributed by atoms with Crippen LogP contribution in [0.2, 0.25) is 0 Å². The van der Waals surface area contributed by atoms with Crippen molar-refractivity contribution in [3.05, 3.63) is 37.9 Å². The summed E-state index contributed by atoms with van der Waals surface area (Å²) in [6.45, 7) is 0. The highest BCUT2D eigenvalue weighted by Gasteiger charge is 2.32. The molecule has 1 N–H and O–H groups in total. The molecule has 114 valence electrons. The fourth-order valence-electron chi connectivity index (χ4n) is 1.83. The van der Waals surface area contributed by atoms with E-state index in [1.165, 1.54) is 0 Å². The molecule has 0 bridgehead atoms. The number of hydrogen-bond acceptors (Lipinski definition) is 10. The summed E-state index contributed by atoms with van der Waals surface area (Å²) in [5.41, 5.74) is -2.27. The third-order valence-electron chi connectivity index (χ3n) is 2.84. The van der Waals surface area contributed by atoms with E-state index in [0.29, 0.717) is 6.07 Å². The predicted octanol–water partition coefficient (Wildman–Crippen LogP) is 0.716. The molecule has 23 heavy (non-hydrogen) atoms. The Balaban J connectivity index is 2.22. The number of rotatable bonds is 3. The summed E-state index contributed by atoms with van der Waals surface area (Å²) >= 11 is 0. The third-order valence-corrected chi connectivity index (χ3v) is 2.84. The van der Waals surface area contributed by atoms with Crippen molar-refractivity contribution < 1.29 is 19.7 Å². The minimum Gasteiger partial charge on any atom is -0.502 e. The van der Waals surface area contributed by atoms with Crippen LogP contribution >= 0.6 is 0 Å². The summed E-state index contributed by atoms with van der Waals surface area (Å²) in [4.78, 5) is 38.9. The standard InChI is InChI=1S/C10H3N7O6/c18-7-4(1-3(16(20)21)2-5(7)17(22)23)8-11-9-6(10(19)12-8)13-15-14-9/h1-2,18H. The lowest BCUT2D eigenvalue weighted by molar-refractivity contribution is -0.394. The highest BCUT2D eigenvalue weighted by molar-refractivity contribution is 6.69. The van der Waals surface area contributed by atoms with E-state index in [2.05, 4.69) is 25.4 Å². The van der Waals surface area contributed by atoms with E-state index in [1.54, 1.807) is 0 Å². The minimum atomic E-state index is -1.01. The number of benzene rings is 1. The number of aliphatic imine (C=N–C) groups is 2. The van der Waals surface area contributed by atoms with Crippen molar-refractivity contribution >= 4 is 34.7 Å².